The molecule has 290 valence electrons. The first-order chi connectivity index (χ1) is 27.9. The lowest BCUT2D eigenvalue weighted by molar-refractivity contribution is 0.165. The predicted molar refractivity (Wildman–Crippen MR) is 240 cm³/mol. The van der Waals surface area contributed by atoms with Crippen molar-refractivity contribution in [1.82, 2.24) is 18.8 Å². The maximum atomic E-state index is 5.53. The van der Waals surface area contributed by atoms with Gasteiger partial charge in [0.05, 0.1) is 45.5 Å². The van der Waals surface area contributed by atoms with E-state index < -0.39 is 0 Å². The third-order valence-electron chi connectivity index (χ3n) is 17.7. The molecule has 8 aliphatic rings. The molecule has 4 fully saturated rings. The number of fused-ring (bicyclic) bond motifs is 12. The van der Waals surface area contributed by atoms with Crippen molar-refractivity contribution in [3.63, 3.8) is 0 Å². The molecule has 0 saturated heterocycles. The van der Waals surface area contributed by atoms with Crippen LogP contribution < -0.4 is 0 Å². The molecule has 0 amide bonds. The van der Waals surface area contributed by atoms with Gasteiger partial charge in [0, 0.05) is 66.3 Å². The van der Waals surface area contributed by atoms with Crippen molar-refractivity contribution in [3.8, 4) is 0 Å². The van der Waals surface area contributed by atoms with Gasteiger partial charge in [-0.3, -0.25) is 9.97 Å². The lowest BCUT2D eigenvalue weighted by atomic mass is 9.67. The van der Waals surface area contributed by atoms with E-state index in [9.17, 15) is 0 Å². The second-order valence-corrected chi connectivity index (χ2v) is 23.1. The highest BCUT2D eigenvalue weighted by molar-refractivity contribution is 6.30. The van der Waals surface area contributed by atoms with Gasteiger partial charge in [0.1, 0.15) is 0 Å². The Labute approximate surface area is 340 Å². The molecule has 4 nitrogen and oxygen atoms in total. The zero-order valence-corrected chi connectivity index (χ0v) is 35.1. The molecule has 0 spiro atoms. The molecule has 4 saturated carbocycles. The first-order valence-electron chi connectivity index (χ1n) is 23.2. The highest BCUT2D eigenvalue weighted by Gasteiger charge is 2.46. The number of nitrogens with zero attached hydrogens (tertiary/aromatic N) is 4. The lowest BCUT2D eigenvalue weighted by Gasteiger charge is -2.38. The van der Waals surface area contributed by atoms with Crippen LogP contribution in [0.2, 0.25) is 0 Å². The zero-order chi connectivity index (χ0) is 38.5. The summed E-state index contributed by atoms with van der Waals surface area (Å²) in [5, 5.41) is 11.6. The van der Waals surface area contributed by atoms with Crippen LogP contribution in [0.15, 0.2) is 48.8 Å². The fourth-order valence-electron chi connectivity index (χ4n) is 15.6. The van der Waals surface area contributed by atoms with E-state index >= 15 is 0 Å². The van der Waals surface area contributed by atoms with Gasteiger partial charge in [0.15, 0.2) is 0 Å². The molecule has 17 rings (SSSR count). The summed E-state index contributed by atoms with van der Waals surface area (Å²) in [5.41, 5.74) is 17.3. The van der Waals surface area contributed by atoms with Crippen LogP contribution in [-0.2, 0) is 10.8 Å². The molecule has 3 aromatic carbocycles. The highest BCUT2D eigenvalue weighted by atomic mass is 15.0. The average molecular weight is 759 g/mol. The first kappa shape index (κ1) is 32.4. The monoisotopic (exact) mass is 758 g/mol. The SMILES string of the molecule is CC(C)(C)c1cc2c3cc4c5cc(C(C)(C)C)cc6c7c8c(ncc7n(c4cc3n3c4cnc7c(c4c(c1)c23)C1CC2CC(CC7C2)C1)c56)C1CC2CC(C1)CC8C2. The minimum absolute atomic E-state index is 0.0361. The van der Waals surface area contributed by atoms with E-state index in [1.807, 2.05) is 0 Å². The van der Waals surface area contributed by atoms with Crippen molar-refractivity contribution in [3.05, 3.63) is 82.4 Å². The van der Waals surface area contributed by atoms with Gasteiger partial charge in [-0.1, -0.05) is 41.5 Å². The minimum atomic E-state index is 0.0361. The topological polar surface area (TPSA) is 34.6 Å². The highest BCUT2D eigenvalue weighted by Crippen LogP contribution is 2.60. The Bertz CT molecular complexity index is 3080. The Morgan fingerprint density at radius 2 is 0.793 bits per heavy atom. The number of benzene rings is 3. The van der Waals surface area contributed by atoms with E-state index in [-0.39, 0.29) is 10.8 Å². The van der Waals surface area contributed by atoms with E-state index in [0.29, 0.717) is 23.7 Å². The van der Waals surface area contributed by atoms with Crippen LogP contribution in [0, 0.1) is 23.7 Å². The van der Waals surface area contributed by atoms with Crippen LogP contribution in [0.25, 0.3) is 76.2 Å². The van der Waals surface area contributed by atoms with Crippen molar-refractivity contribution >= 4 is 76.2 Å². The molecule has 6 heterocycles. The van der Waals surface area contributed by atoms with E-state index in [4.69, 9.17) is 9.97 Å². The number of hydrogen-bond donors (Lipinski definition) is 0. The summed E-state index contributed by atoms with van der Waals surface area (Å²) in [6.45, 7) is 14.4. The molecule has 0 aliphatic heterocycles. The van der Waals surface area contributed by atoms with Crippen molar-refractivity contribution < 1.29 is 0 Å². The molecule has 4 atom stereocenters. The van der Waals surface area contributed by atoms with E-state index in [1.165, 1.54) is 163 Å². The lowest BCUT2D eigenvalue weighted by Crippen LogP contribution is -2.25. The Kier molecular flexibility index (Phi) is 5.65. The summed E-state index contributed by atoms with van der Waals surface area (Å²) in [5.74, 6) is 6.05. The second-order valence-electron chi connectivity index (χ2n) is 23.1. The zero-order valence-electron chi connectivity index (χ0n) is 35.1. The second kappa shape index (κ2) is 10.1. The fraction of sp³-hybridized carbons (Fsp3) is 0.481. The van der Waals surface area contributed by atoms with Crippen molar-refractivity contribution in [1.29, 1.82) is 0 Å². The van der Waals surface area contributed by atoms with Crippen LogP contribution in [0.4, 0.5) is 0 Å². The van der Waals surface area contributed by atoms with Crippen molar-refractivity contribution in [2.24, 2.45) is 23.7 Å². The standard InChI is InChI=1S/C54H54N4/c1-53(2,3)33-17-37-35-21-36-38-18-34(54(4,5)6)20-40-48-44(24-56-50-32-15-27-8-28(16-32)12-30(11-27)46(48)50)58(52(38)40)42(36)22-41(35)57-43-23-55-49-31-13-25-7-26(14-31)10-29(9-25)45(49)47(43)39(19-33)51(37)57/h17-32H,7-16H2,1-6H3. The molecule has 8 aliphatic carbocycles. The molecule has 8 bridgehead atoms. The summed E-state index contributed by atoms with van der Waals surface area (Å²) >= 11 is 0. The third-order valence-corrected chi connectivity index (χ3v) is 17.7. The van der Waals surface area contributed by atoms with Gasteiger partial charge in [0.2, 0.25) is 0 Å². The molecule has 6 aromatic heterocycles. The Hall–Kier alpha value is -4.44. The maximum absolute atomic E-state index is 5.53. The van der Waals surface area contributed by atoms with Crippen LogP contribution in [-0.4, -0.2) is 18.8 Å². The molecule has 58 heavy (non-hydrogen) atoms. The van der Waals surface area contributed by atoms with Crippen LogP contribution >= 0.6 is 0 Å². The quantitative estimate of drug-likeness (QED) is 0.154. The van der Waals surface area contributed by atoms with Crippen molar-refractivity contribution in [2.45, 2.75) is 140 Å². The summed E-state index contributed by atoms with van der Waals surface area (Å²) < 4.78 is 5.33. The van der Waals surface area contributed by atoms with Gasteiger partial charge in [-0.25, -0.2) is 0 Å². The number of rotatable bonds is 0. The molecule has 4 unspecified atom stereocenters. The largest absolute Gasteiger partial charge is 0.306 e. The molecular weight excluding hydrogens is 705 g/mol. The van der Waals surface area contributed by atoms with Gasteiger partial charge >= 0.3 is 0 Å². The Morgan fingerprint density at radius 3 is 1.19 bits per heavy atom. The molecule has 4 heteroatoms. The van der Waals surface area contributed by atoms with Gasteiger partial charge in [-0.05, 0) is 169 Å². The molecule has 9 aromatic rings. The Morgan fingerprint density at radius 1 is 0.414 bits per heavy atom. The normalized spacial score (nSPS) is 29.2. The average Bonchev–Trinajstić information content (AvgIpc) is 3.83. The first-order valence-corrected chi connectivity index (χ1v) is 23.2. The van der Waals surface area contributed by atoms with Crippen molar-refractivity contribution in [2.75, 3.05) is 0 Å². The third kappa shape index (κ3) is 3.83. The summed E-state index contributed by atoms with van der Waals surface area (Å²) in [7, 11) is 0. The molecule has 0 N–H and O–H groups in total. The summed E-state index contributed by atoms with van der Waals surface area (Å²) in [4.78, 5) is 11.1. The summed E-state index contributed by atoms with van der Waals surface area (Å²) in [6.07, 6.45) is 18.3. The van der Waals surface area contributed by atoms with E-state index in [0.717, 1.165) is 23.7 Å². The summed E-state index contributed by atoms with van der Waals surface area (Å²) in [6, 6.07) is 15.5. The van der Waals surface area contributed by atoms with Gasteiger partial charge in [0.25, 0.3) is 0 Å². The van der Waals surface area contributed by atoms with Gasteiger partial charge in [-0.2, -0.15) is 0 Å². The predicted octanol–water partition coefficient (Wildman–Crippen LogP) is 14.2. The number of aromatic nitrogens is 4. The number of hydrogen-bond acceptors (Lipinski definition) is 2. The smallest absolute Gasteiger partial charge is 0.0728 e. The maximum Gasteiger partial charge on any atom is 0.0728 e. The number of pyridine rings is 2. The van der Waals surface area contributed by atoms with E-state index in [2.05, 4.69) is 99.1 Å². The van der Waals surface area contributed by atoms with Crippen LogP contribution in [0.3, 0.4) is 0 Å². The van der Waals surface area contributed by atoms with Crippen LogP contribution in [0.1, 0.15) is 163 Å². The molecule has 0 radical (unpaired) electrons. The van der Waals surface area contributed by atoms with E-state index in [1.54, 1.807) is 11.1 Å². The van der Waals surface area contributed by atoms with Gasteiger partial charge in [-0.15, -0.1) is 0 Å². The van der Waals surface area contributed by atoms with Crippen LogP contribution in [0.5, 0.6) is 0 Å². The Balaban J connectivity index is 1.11. The fourth-order valence-corrected chi connectivity index (χ4v) is 15.6. The minimum Gasteiger partial charge on any atom is -0.306 e. The van der Waals surface area contributed by atoms with Gasteiger partial charge < -0.3 is 8.80 Å². The molecular formula is C54H54N4.